The molecule has 0 aliphatic carbocycles. The number of para-hydroxylation sites is 1. The molecule has 0 unspecified atom stereocenters. The molecule has 0 saturated carbocycles. The van der Waals surface area contributed by atoms with E-state index in [1.165, 1.54) is 14.2 Å². The highest BCUT2D eigenvalue weighted by molar-refractivity contribution is 9.10. The van der Waals surface area contributed by atoms with Crippen LogP contribution in [0.15, 0.2) is 77.3 Å². The summed E-state index contributed by atoms with van der Waals surface area (Å²) < 4.78 is 16.7. The lowest BCUT2D eigenvalue weighted by molar-refractivity contribution is -0.119. The van der Waals surface area contributed by atoms with Gasteiger partial charge in [0, 0.05) is 21.5 Å². The topological polar surface area (TPSA) is 86.8 Å². The van der Waals surface area contributed by atoms with Crippen molar-refractivity contribution < 1.29 is 23.8 Å². The van der Waals surface area contributed by atoms with E-state index in [1.807, 2.05) is 42.5 Å². The third kappa shape index (κ3) is 5.18. The maximum Gasteiger partial charge on any atom is 0.339 e. The van der Waals surface area contributed by atoms with Crippen molar-refractivity contribution in [1.82, 2.24) is 4.98 Å². The summed E-state index contributed by atoms with van der Waals surface area (Å²) in [6.07, 6.45) is 0. The third-order valence-electron chi connectivity index (χ3n) is 5.09. The molecule has 8 heteroatoms. The van der Waals surface area contributed by atoms with Gasteiger partial charge in [0.25, 0.3) is 5.91 Å². The van der Waals surface area contributed by atoms with Crippen LogP contribution >= 0.6 is 15.9 Å². The number of nitrogens with zero attached hydrogens (tertiary/aromatic N) is 1. The second-order valence-corrected chi connectivity index (χ2v) is 8.19. The Morgan fingerprint density at radius 3 is 2.44 bits per heavy atom. The zero-order valence-electron chi connectivity index (χ0n) is 18.5. The number of pyridine rings is 1. The van der Waals surface area contributed by atoms with Gasteiger partial charge in [-0.25, -0.2) is 9.78 Å². The van der Waals surface area contributed by atoms with Gasteiger partial charge in [-0.3, -0.25) is 4.79 Å². The normalized spacial score (nSPS) is 10.6. The summed E-state index contributed by atoms with van der Waals surface area (Å²) in [5, 5.41) is 3.33. The number of carbonyl (C=O) groups excluding carboxylic acids is 2. The van der Waals surface area contributed by atoms with Gasteiger partial charge >= 0.3 is 5.97 Å². The van der Waals surface area contributed by atoms with Crippen molar-refractivity contribution >= 4 is 44.4 Å². The van der Waals surface area contributed by atoms with Crippen LogP contribution in [0.2, 0.25) is 0 Å². The van der Waals surface area contributed by atoms with Crippen molar-refractivity contribution in [2.24, 2.45) is 0 Å². The maximum absolute atomic E-state index is 13.0. The lowest BCUT2D eigenvalue weighted by Gasteiger charge is -2.13. The standard InChI is InChI=1S/C26H21BrN2O5/c1-32-18-11-12-24(33-2)23(13-18)29-25(30)15-34-26(31)20-14-22(16-7-9-17(27)10-8-16)28-21-6-4-3-5-19(20)21/h3-14H,15H2,1-2H3,(H,29,30). The smallest absolute Gasteiger partial charge is 0.339 e. The maximum atomic E-state index is 13.0. The van der Waals surface area contributed by atoms with Crippen LogP contribution in [0.25, 0.3) is 22.2 Å². The fourth-order valence-corrected chi connectivity index (χ4v) is 3.68. The fourth-order valence-electron chi connectivity index (χ4n) is 3.42. The number of halogens is 1. The van der Waals surface area contributed by atoms with Gasteiger partial charge in [-0.05, 0) is 36.4 Å². The number of amides is 1. The fraction of sp³-hybridized carbons (Fsp3) is 0.115. The molecule has 1 amide bonds. The summed E-state index contributed by atoms with van der Waals surface area (Å²) >= 11 is 3.42. The monoisotopic (exact) mass is 520 g/mol. The van der Waals surface area contributed by atoms with E-state index in [4.69, 9.17) is 14.2 Å². The number of nitrogens with one attached hydrogen (secondary N) is 1. The summed E-state index contributed by atoms with van der Waals surface area (Å²) in [7, 11) is 3.02. The first-order valence-electron chi connectivity index (χ1n) is 10.3. The third-order valence-corrected chi connectivity index (χ3v) is 5.62. The van der Waals surface area contributed by atoms with Crippen LogP contribution in [0.3, 0.4) is 0 Å². The number of hydrogen-bond donors (Lipinski definition) is 1. The SMILES string of the molecule is COc1ccc(OC)c(NC(=O)COC(=O)c2cc(-c3ccc(Br)cc3)nc3ccccc23)c1. The van der Waals surface area contributed by atoms with Crippen LogP contribution in [0.4, 0.5) is 5.69 Å². The van der Waals surface area contributed by atoms with E-state index in [9.17, 15) is 9.59 Å². The molecular formula is C26H21BrN2O5. The minimum absolute atomic E-state index is 0.329. The highest BCUT2D eigenvalue weighted by atomic mass is 79.9. The minimum Gasteiger partial charge on any atom is -0.497 e. The molecule has 1 aromatic heterocycles. The predicted octanol–water partition coefficient (Wildman–Crippen LogP) is 5.48. The van der Waals surface area contributed by atoms with Gasteiger partial charge in [0.1, 0.15) is 11.5 Å². The largest absolute Gasteiger partial charge is 0.497 e. The van der Waals surface area contributed by atoms with Crippen molar-refractivity contribution in [3.63, 3.8) is 0 Å². The number of aromatic nitrogens is 1. The Morgan fingerprint density at radius 2 is 1.71 bits per heavy atom. The van der Waals surface area contributed by atoms with Gasteiger partial charge in [0.2, 0.25) is 0 Å². The minimum atomic E-state index is -0.621. The molecule has 1 N–H and O–H groups in total. The quantitative estimate of drug-likeness (QED) is 0.325. The van der Waals surface area contributed by atoms with E-state index in [2.05, 4.69) is 26.2 Å². The van der Waals surface area contributed by atoms with Crippen LogP contribution in [-0.4, -0.2) is 37.7 Å². The Kier molecular flexibility index (Phi) is 7.08. The number of esters is 1. The number of hydrogen-bond acceptors (Lipinski definition) is 6. The summed E-state index contributed by atoms with van der Waals surface area (Å²) in [6.45, 7) is -0.469. The second kappa shape index (κ2) is 10.4. The summed E-state index contributed by atoms with van der Waals surface area (Å²) in [5.41, 5.74) is 2.88. The van der Waals surface area contributed by atoms with Crippen molar-refractivity contribution in [2.75, 3.05) is 26.1 Å². The van der Waals surface area contributed by atoms with Crippen LogP contribution in [0.1, 0.15) is 10.4 Å². The highest BCUT2D eigenvalue weighted by Gasteiger charge is 2.17. The molecule has 3 aromatic carbocycles. The molecule has 0 spiro atoms. The van der Waals surface area contributed by atoms with Crippen molar-refractivity contribution in [2.45, 2.75) is 0 Å². The molecular weight excluding hydrogens is 500 g/mol. The first-order chi connectivity index (χ1) is 16.5. The van der Waals surface area contributed by atoms with Gasteiger partial charge in [-0.2, -0.15) is 0 Å². The van der Waals surface area contributed by atoms with Gasteiger partial charge in [0.15, 0.2) is 6.61 Å². The zero-order valence-corrected chi connectivity index (χ0v) is 20.1. The number of fused-ring (bicyclic) bond motifs is 1. The molecule has 34 heavy (non-hydrogen) atoms. The number of rotatable bonds is 7. The average Bonchev–Trinajstić information content (AvgIpc) is 2.87. The van der Waals surface area contributed by atoms with Crippen molar-refractivity contribution in [3.05, 3.63) is 82.8 Å². The molecule has 172 valence electrons. The van der Waals surface area contributed by atoms with Crippen LogP contribution < -0.4 is 14.8 Å². The van der Waals surface area contributed by atoms with Crippen LogP contribution in [0.5, 0.6) is 11.5 Å². The molecule has 7 nitrogen and oxygen atoms in total. The molecule has 0 aliphatic heterocycles. The molecule has 0 radical (unpaired) electrons. The summed E-state index contributed by atoms with van der Waals surface area (Å²) in [5.74, 6) is -0.118. The summed E-state index contributed by atoms with van der Waals surface area (Å²) in [6, 6.07) is 21.6. The molecule has 0 atom stereocenters. The van der Waals surface area contributed by atoms with E-state index in [0.717, 1.165) is 10.0 Å². The van der Waals surface area contributed by atoms with E-state index in [-0.39, 0.29) is 0 Å². The first-order valence-corrected chi connectivity index (χ1v) is 11.1. The molecule has 4 aromatic rings. The van der Waals surface area contributed by atoms with Crippen molar-refractivity contribution in [3.8, 4) is 22.8 Å². The Hall–Kier alpha value is -3.91. The number of anilines is 1. The van der Waals surface area contributed by atoms with E-state index in [1.54, 1.807) is 30.3 Å². The predicted molar refractivity (Wildman–Crippen MR) is 133 cm³/mol. The first kappa shape index (κ1) is 23.3. The molecule has 0 bridgehead atoms. The van der Waals surface area contributed by atoms with Gasteiger partial charge in [0.05, 0.1) is 36.7 Å². The van der Waals surface area contributed by atoms with Crippen molar-refractivity contribution in [1.29, 1.82) is 0 Å². The Bertz CT molecular complexity index is 1360. The van der Waals surface area contributed by atoms with Gasteiger partial charge in [-0.15, -0.1) is 0 Å². The van der Waals surface area contributed by atoms with Crippen LogP contribution in [-0.2, 0) is 9.53 Å². The van der Waals surface area contributed by atoms with Gasteiger partial charge in [-0.1, -0.05) is 46.3 Å². The van der Waals surface area contributed by atoms with E-state index >= 15 is 0 Å². The molecule has 4 rings (SSSR count). The molecule has 1 heterocycles. The van der Waals surface area contributed by atoms with E-state index < -0.39 is 18.5 Å². The summed E-state index contributed by atoms with van der Waals surface area (Å²) in [4.78, 5) is 30.2. The molecule has 0 aliphatic rings. The Labute approximate surface area is 204 Å². The van der Waals surface area contributed by atoms with E-state index in [0.29, 0.717) is 39.3 Å². The number of benzene rings is 3. The second-order valence-electron chi connectivity index (χ2n) is 7.27. The van der Waals surface area contributed by atoms with Crippen LogP contribution in [0, 0.1) is 0 Å². The molecule has 0 fully saturated rings. The highest BCUT2D eigenvalue weighted by Crippen LogP contribution is 2.29. The zero-order chi connectivity index (χ0) is 24.1. The lowest BCUT2D eigenvalue weighted by Crippen LogP contribution is -2.21. The molecule has 0 saturated heterocycles. The Balaban J connectivity index is 1.55. The van der Waals surface area contributed by atoms with Gasteiger partial charge < -0.3 is 19.5 Å². The number of carbonyl (C=O) groups is 2. The lowest BCUT2D eigenvalue weighted by atomic mass is 10.0. The Morgan fingerprint density at radius 1 is 0.941 bits per heavy atom. The number of methoxy groups -OCH3 is 2. The average molecular weight is 521 g/mol. The number of ether oxygens (including phenoxy) is 3.